The number of hydrogen-bond acceptors (Lipinski definition) is 5. The summed E-state index contributed by atoms with van der Waals surface area (Å²) in [6, 6.07) is 13.3. The second-order valence-corrected chi connectivity index (χ2v) is 8.22. The van der Waals surface area contributed by atoms with E-state index in [-0.39, 0.29) is 5.91 Å². The molecule has 2 aromatic carbocycles. The smallest absolute Gasteiger partial charge is 0.260 e. The van der Waals surface area contributed by atoms with Crippen molar-refractivity contribution in [3.63, 3.8) is 0 Å². The first kappa shape index (κ1) is 21.1. The molecular formula is C22H25BrN4O2. The quantitative estimate of drug-likeness (QED) is 0.492. The van der Waals surface area contributed by atoms with Crippen LogP contribution in [0.15, 0.2) is 53.1 Å². The van der Waals surface area contributed by atoms with Crippen LogP contribution in [0.1, 0.15) is 22.3 Å². The summed E-state index contributed by atoms with van der Waals surface area (Å²) in [4.78, 5) is 28.8. The number of nitrogens with one attached hydrogen (secondary N) is 2. The van der Waals surface area contributed by atoms with Gasteiger partial charge in [-0.1, -0.05) is 15.9 Å². The van der Waals surface area contributed by atoms with Gasteiger partial charge in [-0.3, -0.25) is 14.9 Å². The highest BCUT2D eigenvalue weighted by Gasteiger charge is 2.27. The third-order valence-electron chi connectivity index (χ3n) is 4.78. The summed E-state index contributed by atoms with van der Waals surface area (Å²) < 4.78 is 0.811. The van der Waals surface area contributed by atoms with Gasteiger partial charge in [0.1, 0.15) is 0 Å². The molecule has 3 rings (SSSR count). The second kappa shape index (κ2) is 9.24. The molecule has 2 amide bonds. The van der Waals surface area contributed by atoms with Gasteiger partial charge >= 0.3 is 0 Å². The molecule has 1 aliphatic heterocycles. The van der Waals surface area contributed by atoms with E-state index in [2.05, 4.69) is 57.5 Å². The third kappa shape index (κ3) is 5.25. The summed E-state index contributed by atoms with van der Waals surface area (Å²) in [6.45, 7) is 2.04. The molecule has 0 aromatic heterocycles. The molecule has 1 aliphatic rings. The van der Waals surface area contributed by atoms with E-state index < -0.39 is 5.91 Å². The van der Waals surface area contributed by atoms with Crippen molar-refractivity contribution in [1.82, 2.24) is 10.2 Å². The number of fused-ring (bicyclic) bond motifs is 1. The molecular weight excluding hydrogens is 432 g/mol. The Kier molecular flexibility index (Phi) is 6.71. The minimum Gasteiger partial charge on any atom is -0.375 e. The first-order valence-electron chi connectivity index (χ1n) is 9.43. The first-order valence-corrected chi connectivity index (χ1v) is 10.2. The second-order valence-electron chi connectivity index (χ2n) is 7.30. The molecule has 152 valence electrons. The number of carbonyl (C=O) groups excluding carboxylic acids is 2. The maximum atomic E-state index is 12.3. The molecule has 0 atom stereocenters. The number of halogens is 1. The van der Waals surface area contributed by atoms with Crippen LogP contribution in [0.25, 0.3) is 5.57 Å². The lowest BCUT2D eigenvalue weighted by molar-refractivity contribution is -0.114. The van der Waals surface area contributed by atoms with Gasteiger partial charge in [0.25, 0.3) is 11.8 Å². The maximum absolute atomic E-state index is 12.3. The highest BCUT2D eigenvalue weighted by molar-refractivity contribution is 9.10. The van der Waals surface area contributed by atoms with Crippen LogP contribution in [-0.2, 0) is 4.79 Å². The lowest BCUT2D eigenvalue weighted by atomic mass is 9.95. The maximum Gasteiger partial charge on any atom is 0.260 e. The Morgan fingerprint density at radius 1 is 0.966 bits per heavy atom. The molecule has 0 radical (unpaired) electrons. The Labute approximate surface area is 179 Å². The Morgan fingerprint density at radius 2 is 1.69 bits per heavy atom. The van der Waals surface area contributed by atoms with E-state index >= 15 is 0 Å². The van der Waals surface area contributed by atoms with Crippen LogP contribution in [0.5, 0.6) is 0 Å². The SMILES string of the molecule is CN(C)CCCN(C)c1ccc(N/C=C2\C(=O)NC(=O)c3ccc(Br)cc32)cc1. The van der Waals surface area contributed by atoms with E-state index in [1.165, 1.54) is 0 Å². The predicted octanol–water partition coefficient (Wildman–Crippen LogP) is 3.56. The standard InChI is InChI=1S/C22H25BrN4O2/c1-26(2)11-4-12-27(3)17-8-6-16(7-9-17)24-14-20-19-13-15(23)5-10-18(19)21(28)25-22(20)29/h5-10,13-14,24H,4,11-12H2,1-3H3,(H,25,28,29)/b20-14-. The lowest BCUT2D eigenvalue weighted by Gasteiger charge is -2.21. The summed E-state index contributed by atoms with van der Waals surface area (Å²) in [5.74, 6) is -0.790. The number of nitrogens with zero attached hydrogens (tertiary/aromatic N) is 2. The van der Waals surface area contributed by atoms with Gasteiger partial charge in [-0.05, 0) is 69.5 Å². The summed E-state index contributed by atoms with van der Waals surface area (Å²) in [7, 11) is 6.24. The number of carbonyl (C=O) groups is 2. The van der Waals surface area contributed by atoms with Gasteiger partial charge in [0.15, 0.2) is 0 Å². The van der Waals surface area contributed by atoms with Gasteiger partial charge in [0.2, 0.25) is 0 Å². The molecule has 0 saturated heterocycles. The van der Waals surface area contributed by atoms with E-state index in [9.17, 15) is 9.59 Å². The fourth-order valence-corrected chi connectivity index (χ4v) is 3.52. The Hall–Kier alpha value is -2.64. The van der Waals surface area contributed by atoms with Crippen LogP contribution >= 0.6 is 15.9 Å². The van der Waals surface area contributed by atoms with Crippen LogP contribution in [0, 0.1) is 0 Å². The van der Waals surface area contributed by atoms with E-state index in [1.54, 1.807) is 24.4 Å². The first-order chi connectivity index (χ1) is 13.8. The lowest BCUT2D eigenvalue weighted by Crippen LogP contribution is -2.36. The third-order valence-corrected chi connectivity index (χ3v) is 5.27. The van der Waals surface area contributed by atoms with Crippen molar-refractivity contribution in [2.75, 3.05) is 44.4 Å². The zero-order valence-corrected chi connectivity index (χ0v) is 18.4. The van der Waals surface area contributed by atoms with E-state index in [0.29, 0.717) is 16.7 Å². The van der Waals surface area contributed by atoms with Crippen molar-refractivity contribution in [1.29, 1.82) is 0 Å². The minimum absolute atomic E-state index is 0.378. The fourth-order valence-electron chi connectivity index (χ4n) is 3.16. The number of anilines is 2. The molecule has 0 unspecified atom stereocenters. The van der Waals surface area contributed by atoms with Crippen LogP contribution in [0.4, 0.5) is 11.4 Å². The average molecular weight is 457 g/mol. The van der Waals surface area contributed by atoms with Gasteiger partial charge in [0, 0.05) is 46.8 Å². The van der Waals surface area contributed by atoms with Gasteiger partial charge in [-0.2, -0.15) is 0 Å². The van der Waals surface area contributed by atoms with E-state index in [4.69, 9.17) is 0 Å². The Balaban J connectivity index is 1.72. The van der Waals surface area contributed by atoms with E-state index in [1.807, 2.05) is 24.3 Å². The summed E-state index contributed by atoms with van der Waals surface area (Å²) >= 11 is 3.40. The number of amides is 2. The zero-order chi connectivity index (χ0) is 21.0. The molecule has 29 heavy (non-hydrogen) atoms. The van der Waals surface area contributed by atoms with Gasteiger partial charge < -0.3 is 15.1 Å². The topological polar surface area (TPSA) is 64.7 Å². The molecule has 2 aromatic rings. The van der Waals surface area contributed by atoms with Crippen molar-refractivity contribution >= 4 is 44.7 Å². The molecule has 2 N–H and O–H groups in total. The molecule has 0 fully saturated rings. The monoisotopic (exact) mass is 456 g/mol. The van der Waals surface area contributed by atoms with Crippen molar-refractivity contribution < 1.29 is 9.59 Å². The number of rotatable bonds is 7. The highest BCUT2D eigenvalue weighted by Crippen LogP contribution is 2.27. The van der Waals surface area contributed by atoms with Crippen LogP contribution in [0.3, 0.4) is 0 Å². The van der Waals surface area contributed by atoms with Crippen molar-refractivity contribution in [2.45, 2.75) is 6.42 Å². The summed E-state index contributed by atoms with van der Waals surface area (Å²) in [6.07, 6.45) is 2.74. The largest absolute Gasteiger partial charge is 0.375 e. The summed E-state index contributed by atoms with van der Waals surface area (Å²) in [5.41, 5.74) is 3.51. The fraction of sp³-hybridized carbons (Fsp3) is 0.273. The van der Waals surface area contributed by atoms with Gasteiger partial charge in [0.05, 0.1) is 5.57 Å². The van der Waals surface area contributed by atoms with Crippen LogP contribution in [-0.4, -0.2) is 50.9 Å². The Morgan fingerprint density at radius 3 is 2.38 bits per heavy atom. The van der Waals surface area contributed by atoms with Crippen LogP contribution < -0.4 is 15.5 Å². The average Bonchev–Trinajstić information content (AvgIpc) is 2.67. The number of hydrogen-bond donors (Lipinski definition) is 2. The normalized spacial score (nSPS) is 14.7. The predicted molar refractivity (Wildman–Crippen MR) is 121 cm³/mol. The Bertz CT molecular complexity index is 938. The molecule has 6 nitrogen and oxygen atoms in total. The summed E-state index contributed by atoms with van der Waals surface area (Å²) in [5, 5.41) is 5.55. The van der Waals surface area contributed by atoms with Crippen LogP contribution in [0.2, 0.25) is 0 Å². The molecule has 0 saturated carbocycles. The molecule has 0 bridgehead atoms. The minimum atomic E-state index is -0.412. The zero-order valence-electron chi connectivity index (χ0n) is 16.8. The number of benzene rings is 2. The highest BCUT2D eigenvalue weighted by atomic mass is 79.9. The molecule has 0 aliphatic carbocycles. The molecule has 7 heteroatoms. The van der Waals surface area contributed by atoms with Gasteiger partial charge in [-0.15, -0.1) is 0 Å². The van der Waals surface area contributed by atoms with Crippen molar-refractivity contribution in [3.8, 4) is 0 Å². The van der Waals surface area contributed by atoms with Gasteiger partial charge in [-0.25, -0.2) is 0 Å². The number of imide groups is 1. The molecule has 0 spiro atoms. The molecule has 1 heterocycles. The van der Waals surface area contributed by atoms with Crippen molar-refractivity contribution in [3.05, 3.63) is 64.3 Å². The van der Waals surface area contributed by atoms with E-state index in [0.717, 1.165) is 35.4 Å². The van der Waals surface area contributed by atoms with Crippen molar-refractivity contribution in [2.24, 2.45) is 0 Å².